The van der Waals surface area contributed by atoms with Crippen LogP contribution in [0.1, 0.15) is 44.0 Å². The molecule has 0 bridgehead atoms. The number of nitrogens with zero attached hydrogens (tertiary/aromatic N) is 2. The molecule has 0 saturated heterocycles. The first-order valence-corrected chi connectivity index (χ1v) is 13.1. The SMILES string of the molecule is C=CCOc1ccc(Nc2cnc(OCCOCCOc3cccc4c3C(C(C)(C)C)NC4C(=O)O)nc2)cc1. The Morgan fingerprint density at radius 2 is 1.70 bits per heavy atom. The molecule has 0 radical (unpaired) electrons. The van der Waals surface area contributed by atoms with Crippen molar-refractivity contribution < 1.29 is 28.8 Å². The number of fused-ring (bicyclic) bond motifs is 1. The van der Waals surface area contributed by atoms with Gasteiger partial charge in [0, 0.05) is 17.3 Å². The Labute approximate surface area is 234 Å². The van der Waals surface area contributed by atoms with Gasteiger partial charge in [0.2, 0.25) is 0 Å². The van der Waals surface area contributed by atoms with Crippen LogP contribution in [0.3, 0.4) is 0 Å². The zero-order valence-electron chi connectivity index (χ0n) is 23.1. The summed E-state index contributed by atoms with van der Waals surface area (Å²) in [6.07, 6.45) is 4.99. The minimum atomic E-state index is -0.899. The average Bonchev–Trinajstić information content (AvgIpc) is 3.35. The zero-order valence-corrected chi connectivity index (χ0v) is 23.1. The molecular weight excluding hydrogens is 512 g/mol. The standard InChI is InChI=1S/C30H36N4O6/c1-5-13-38-22-11-9-20(10-12-22)33-21-18-31-29(32-19-21)40-17-15-37-14-16-39-24-8-6-7-23-25(24)27(30(2,3)4)34-26(23)28(35)36/h5-12,18-19,26-27,33-34H,1,13-17H2,2-4H3,(H,35,36). The lowest BCUT2D eigenvalue weighted by Gasteiger charge is -2.29. The first kappa shape index (κ1) is 28.8. The van der Waals surface area contributed by atoms with Crippen LogP contribution >= 0.6 is 0 Å². The van der Waals surface area contributed by atoms with E-state index in [1.807, 2.05) is 42.5 Å². The fraction of sp³-hybridized carbons (Fsp3) is 0.367. The maximum atomic E-state index is 11.8. The van der Waals surface area contributed by atoms with Gasteiger partial charge in [0.1, 0.15) is 37.4 Å². The summed E-state index contributed by atoms with van der Waals surface area (Å²) in [6, 6.07) is 12.5. The molecule has 2 heterocycles. The highest BCUT2D eigenvalue weighted by Gasteiger charge is 2.42. The van der Waals surface area contributed by atoms with Crippen molar-refractivity contribution in [3.63, 3.8) is 0 Å². The molecule has 0 spiro atoms. The Morgan fingerprint density at radius 1 is 1.00 bits per heavy atom. The summed E-state index contributed by atoms with van der Waals surface area (Å²) in [7, 11) is 0. The zero-order chi connectivity index (χ0) is 28.5. The molecule has 0 aliphatic carbocycles. The van der Waals surface area contributed by atoms with Gasteiger partial charge in [0.15, 0.2) is 0 Å². The van der Waals surface area contributed by atoms with Crippen molar-refractivity contribution in [3.8, 4) is 17.5 Å². The highest BCUT2D eigenvalue weighted by molar-refractivity contribution is 5.78. The molecule has 3 N–H and O–H groups in total. The Balaban J connectivity index is 1.18. The molecule has 1 aromatic heterocycles. The topological polar surface area (TPSA) is 124 Å². The van der Waals surface area contributed by atoms with Crippen molar-refractivity contribution in [2.24, 2.45) is 5.41 Å². The lowest BCUT2D eigenvalue weighted by Crippen LogP contribution is -2.31. The maximum absolute atomic E-state index is 11.8. The number of hydrogen-bond donors (Lipinski definition) is 3. The predicted molar refractivity (Wildman–Crippen MR) is 151 cm³/mol. The second kappa shape index (κ2) is 13.3. The molecule has 212 valence electrons. The van der Waals surface area contributed by atoms with E-state index in [1.54, 1.807) is 18.5 Å². The monoisotopic (exact) mass is 548 g/mol. The summed E-state index contributed by atoms with van der Waals surface area (Å²) in [5, 5.41) is 16.1. The summed E-state index contributed by atoms with van der Waals surface area (Å²) < 4.78 is 22.7. The van der Waals surface area contributed by atoms with Gasteiger partial charge in [0.25, 0.3) is 0 Å². The van der Waals surface area contributed by atoms with E-state index in [2.05, 4.69) is 48.0 Å². The maximum Gasteiger partial charge on any atom is 0.325 e. The summed E-state index contributed by atoms with van der Waals surface area (Å²) >= 11 is 0. The smallest absolute Gasteiger partial charge is 0.325 e. The third kappa shape index (κ3) is 7.49. The minimum absolute atomic E-state index is 0.141. The molecule has 1 aliphatic heterocycles. The van der Waals surface area contributed by atoms with Crippen molar-refractivity contribution >= 4 is 17.3 Å². The second-order valence-electron chi connectivity index (χ2n) is 10.3. The van der Waals surface area contributed by atoms with Gasteiger partial charge < -0.3 is 29.4 Å². The summed E-state index contributed by atoms with van der Waals surface area (Å²) in [6.45, 7) is 11.6. The van der Waals surface area contributed by atoms with Crippen LogP contribution in [-0.2, 0) is 9.53 Å². The number of ether oxygens (including phenoxy) is 4. The summed E-state index contributed by atoms with van der Waals surface area (Å²) in [5.41, 5.74) is 3.06. The van der Waals surface area contributed by atoms with E-state index in [0.29, 0.717) is 32.2 Å². The van der Waals surface area contributed by atoms with Crippen LogP contribution in [0.2, 0.25) is 0 Å². The molecule has 2 atom stereocenters. The van der Waals surface area contributed by atoms with E-state index in [1.165, 1.54) is 0 Å². The van der Waals surface area contributed by atoms with Gasteiger partial charge in [-0.2, -0.15) is 0 Å². The molecule has 0 saturated carbocycles. The van der Waals surface area contributed by atoms with E-state index >= 15 is 0 Å². The largest absolute Gasteiger partial charge is 0.491 e. The van der Waals surface area contributed by atoms with E-state index < -0.39 is 12.0 Å². The number of aliphatic carboxylic acids is 1. The number of nitrogens with one attached hydrogen (secondary N) is 2. The molecule has 2 aromatic carbocycles. The van der Waals surface area contributed by atoms with Crippen molar-refractivity contribution in [1.82, 2.24) is 15.3 Å². The Morgan fingerprint density at radius 3 is 2.35 bits per heavy atom. The van der Waals surface area contributed by atoms with Crippen LogP contribution in [0.5, 0.6) is 17.5 Å². The van der Waals surface area contributed by atoms with Gasteiger partial charge in [-0.1, -0.05) is 45.6 Å². The van der Waals surface area contributed by atoms with Gasteiger partial charge in [-0.05, 0) is 41.3 Å². The molecule has 1 aliphatic rings. The number of carboxylic acids is 1. The van der Waals surface area contributed by atoms with Crippen molar-refractivity contribution in [3.05, 3.63) is 78.6 Å². The molecule has 4 rings (SSSR count). The van der Waals surface area contributed by atoms with Gasteiger partial charge >= 0.3 is 12.0 Å². The van der Waals surface area contributed by atoms with E-state index in [9.17, 15) is 9.90 Å². The molecule has 10 heteroatoms. The van der Waals surface area contributed by atoms with Crippen LogP contribution in [0.15, 0.2) is 67.5 Å². The third-order valence-electron chi connectivity index (χ3n) is 6.23. The van der Waals surface area contributed by atoms with Gasteiger partial charge in [-0.3, -0.25) is 10.1 Å². The number of carbonyl (C=O) groups is 1. The lowest BCUT2D eigenvalue weighted by molar-refractivity contribution is -0.139. The first-order chi connectivity index (χ1) is 19.3. The molecule has 10 nitrogen and oxygen atoms in total. The number of benzene rings is 2. The van der Waals surface area contributed by atoms with E-state index in [4.69, 9.17) is 18.9 Å². The van der Waals surface area contributed by atoms with Crippen LogP contribution in [-0.4, -0.2) is 54.1 Å². The number of hydrogen-bond acceptors (Lipinski definition) is 9. The highest BCUT2D eigenvalue weighted by atomic mass is 16.5. The Bertz CT molecular complexity index is 1270. The number of rotatable bonds is 14. The van der Waals surface area contributed by atoms with Crippen molar-refractivity contribution in [2.45, 2.75) is 32.9 Å². The Hall–Kier alpha value is -4.15. The second-order valence-corrected chi connectivity index (χ2v) is 10.3. The summed E-state index contributed by atoms with van der Waals surface area (Å²) in [5.74, 6) is 0.541. The van der Waals surface area contributed by atoms with Crippen molar-refractivity contribution in [1.29, 1.82) is 0 Å². The molecule has 40 heavy (non-hydrogen) atoms. The molecule has 2 unspecified atom stereocenters. The molecular formula is C30H36N4O6. The predicted octanol–water partition coefficient (Wildman–Crippen LogP) is 5.08. The lowest BCUT2D eigenvalue weighted by atomic mass is 9.82. The van der Waals surface area contributed by atoms with E-state index in [-0.39, 0.29) is 24.1 Å². The fourth-order valence-electron chi connectivity index (χ4n) is 4.39. The highest BCUT2D eigenvalue weighted by Crippen LogP contribution is 2.47. The fourth-order valence-corrected chi connectivity index (χ4v) is 4.39. The van der Waals surface area contributed by atoms with Crippen LogP contribution in [0.25, 0.3) is 0 Å². The molecule has 0 amide bonds. The van der Waals surface area contributed by atoms with Crippen LogP contribution in [0, 0.1) is 5.41 Å². The van der Waals surface area contributed by atoms with Gasteiger partial charge in [-0.15, -0.1) is 0 Å². The number of aromatic nitrogens is 2. The van der Waals surface area contributed by atoms with Gasteiger partial charge in [-0.25, -0.2) is 9.97 Å². The van der Waals surface area contributed by atoms with Crippen LogP contribution in [0.4, 0.5) is 11.4 Å². The third-order valence-corrected chi connectivity index (χ3v) is 6.23. The summed E-state index contributed by atoms with van der Waals surface area (Å²) in [4.78, 5) is 20.2. The van der Waals surface area contributed by atoms with Gasteiger partial charge in [0.05, 0.1) is 31.3 Å². The van der Waals surface area contributed by atoms with Crippen molar-refractivity contribution in [2.75, 3.05) is 38.4 Å². The first-order valence-electron chi connectivity index (χ1n) is 13.1. The van der Waals surface area contributed by atoms with E-state index in [0.717, 1.165) is 28.3 Å². The Kier molecular flexibility index (Phi) is 9.57. The normalized spacial score (nSPS) is 16.2. The quantitative estimate of drug-likeness (QED) is 0.186. The molecule has 0 fully saturated rings. The number of carboxylic acid groups (broad SMARTS) is 1. The average molecular weight is 549 g/mol. The number of anilines is 2. The molecule has 3 aromatic rings. The minimum Gasteiger partial charge on any atom is -0.491 e. The van der Waals surface area contributed by atoms with Crippen LogP contribution < -0.4 is 24.8 Å².